The lowest BCUT2D eigenvalue weighted by molar-refractivity contribution is 0.0475. The van der Waals surface area contributed by atoms with E-state index in [1.807, 2.05) is 18.3 Å². The summed E-state index contributed by atoms with van der Waals surface area (Å²) < 4.78 is 9.95. The average molecular weight is 279 g/mol. The number of ether oxygens (including phenoxy) is 1. The summed E-state index contributed by atoms with van der Waals surface area (Å²) in [5.74, 6) is 0.0794. The molecule has 0 bridgehead atoms. The number of aryl methyl sites for hydroxylation is 1. The van der Waals surface area contributed by atoms with E-state index in [0.717, 1.165) is 17.7 Å². The maximum absolute atomic E-state index is 11.3. The maximum atomic E-state index is 11.3. The van der Waals surface area contributed by atoms with Gasteiger partial charge in [0.15, 0.2) is 0 Å². The number of thioether (sulfide) groups is 1. The van der Waals surface area contributed by atoms with Gasteiger partial charge in [-0.3, -0.25) is 4.98 Å². The van der Waals surface area contributed by atoms with Gasteiger partial charge in [0.1, 0.15) is 0 Å². The summed E-state index contributed by atoms with van der Waals surface area (Å²) in [5.41, 5.74) is 1.14. The van der Waals surface area contributed by atoms with Crippen molar-refractivity contribution in [3.8, 4) is 0 Å². The summed E-state index contributed by atoms with van der Waals surface area (Å²) in [4.78, 5) is 15.4. The van der Waals surface area contributed by atoms with Crippen molar-refractivity contribution in [3.05, 3.63) is 36.0 Å². The van der Waals surface area contributed by atoms with Crippen molar-refractivity contribution in [3.63, 3.8) is 0 Å². The van der Waals surface area contributed by atoms with Crippen LogP contribution in [-0.4, -0.2) is 33.5 Å². The number of nitrogens with zero attached hydrogens (tertiary/aromatic N) is 3. The third kappa shape index (κ3) is 4.06. The lowest BCUT2D eigenvalue weighted by Gasteiger charge is -1.97. The first-order chi connectivity index (χ1) is 9.29. The molecule has 0 fully saturated rings. The first kappa shape index (κ1) is 13.5. The first-order valence-electron chi connectivity index (χ1n) is 5.82. The molecule has 2 heterocycles. The van der Waals surface area contributed by atoms with Gasteiger partial charge in [-0.25, -0.2) is 4.79 Å². The van der Waals surface area contributed by atoms with Crippen LogP contribution in [0.2, 0.25) is 0 Å². The van der Waals surface area contributed by atoms with E-state index in [1.54, 1.807) is 13.1 Å². The van der Waals surface area contributed by atoms with Crippen molar-refractivity contribution < 1.29 is 13.9 Å². The lowest BCUT2D eigenvalue weighted by Crippen LogP contribution is -2.04. The van der Waals surface area contributed by atoms with E-state index in [0.29, 0.717) is 5.22 Å². The molecule has 0 radical (unpaired) electrons. The molecule has 0 aliphatic heterocycles. The molecule has 2 aromatic heterocycles. The number of pyridine rings is 1. The van der Waals surface area contributed by atoms with E-state index in [2.05, 4.69) is 15.2 Å². The molecule has 0 unspecified atom stereocenters. The van der Waals surface area contributed by atoms with Crippen LogP contribution in [0.1, 0.15) is 23.2 Å². The molecule has 19 heavy (non-hydrogen) atoms. The predicted octanol–water partition coefficient (Wildman–Crippen LogP) is 1.98. The fraction of sp³-hybridized carbons (Fsp3) is 0.333. The number of hydrogen-bond donors (Lipinski definition) is 0. The highest BCUT2D eigenvalue weighted by Gasteiger charge is 2.15. The van der Waals surface area contributed by atoms with E-state index in [1.165, 1.54) is 11.8 Å². The van der Waals surface area contributed by atoms with Gasteiger partial charge >= 0.3 is 11.9 Å². The minimum absolute atomic E-state index is 0.106. The molecule has 0 atom stereocenters. The Balaban J connectivity index is 1.82. The summed E-state index contributed by atoms with van der Waals surface area (Å²) >= 11 is 1.40. The number of rotatable bonds is 6. The number of carbonyl (C=O) groups is 1. The maximum Gasteiger partial charge on any atom is 0.396 e. The van der Waals surface area contributed by atoms with E-state index in [4.69, 9.17) is 9.15 Å². The van der Waals surface area contributed by atoms with Crippen molar-refractivity contribution in [2.75, 3.05) is 12.4 Å². The van der Waals surface area contributed by atoms with Crippen LogP contribution in [0.4, 0.5) is 0 Å². The molecule has 0 aromatic carbocycles. The molecule has 6 nitrogen and oxygen atoms in total. The van der Waals surface area contributed by atoms with Gasteiger partial charge in [-0.1, -0.05) is 22.9 Å². The van der Waals surface area contributed by atoms with Gasteiger partial charge in [0.25, 0.3) is 5.22 Å². The Bertz CT molecular complexity index is 530. The Hall–Kier alpha value is -1.89. The minimum Gasteiger partial charge on any atom is -0.459 e. The second-order valence-electron chi connectivity index (χ2n) is 3.55. The zero-order chi connectivity index (χ0) is 13.5. The molecule has 0 spiro atoms. The van der Waals surface area contributed by atoms with Crippen LogP contribution in [0.3, 0.4) is 0 Å². The van der Waals surface area contributed by atoms with Crippen molar-refractivity contribution in [1.82, 2.24) is 15.2 Å². The molecule has 0 saturated heterocycles. The highest BCUT2D eigenvalue weighted by atomic mass is 32.2. The van der Waals surface area contributed by atoms with Gasteiger partial charge in [-0.05, 0) is 25.0 Å². The average Bonchev–Trinajstić information content (AvgIpc) is 2.89. The van der Waals surface area contributed by atoms with Crippen LogP contribution >= 0.6 is 11.8 Å². The molecular weight excluding hydrogens is 266 g/mol. The SMILES string of the molecule is CCOC(=O)c1nnc(SCCc2cccnc2)o1. The Morgan fingerprint density at radius 1 is 1.47 bits per heavy atom. The molecule has 100 valence electrons. The van der Waals surface area contributed by atoms with Crippen LogP contribution in [-0.2, 0) is 11.2 Å². The van der Waals surface area contributed by atoms with Crippen LogP contribution in [0.15, 0.2) is 34.2 Å². The molecule has 0 N–H and O–H groups in total. The summed E-state index contributed by atoms with van der Waals surface area (Å²) in [6, 6.07) is 3.90. The molecule has 2 rings (SSSR count). The number of aromatic nitrogens is 3. The van der Waals surface area contributed by atoms with Gasteiger partial charge in [-0.2, -0.15) is 0 Å². The van der Waals surface area contributed by atoms with Crippen molar-refractivity contribution in [2.24, 2.45) is 0 Å². The molecular formula is C12H13N3O3S. The largest absolute Gasteiger partial charge is 0.459 e. The topological polar surface area (TPSA) is 78.1 Å². The van der Waals surface area contributed by atoms with Crippen LogP contribution in [0, 0.1) is 0 Å². The summed E-state index contributed by atoms with van der Waals surface area (Å²) in [6.07, 6.45) is 4.40. The van der Waals surface area contributed by atoms with Crippen LogP contribution in [0.5, 0.6) is 0 Å². The highest BCUT2D eigenvalue weighted by Crippen LogP contribution is 2.17. The normalized spacial score (nSPS) is 10.4. The fourth-order valence-electron chi connectivity index (χ4n) is 1.35. The highest BCUT2D eigenvalue weighted by molar-refractivity contribution is 7.99. The molecule has 0 aliphatic rings. The minimum atomic E-state index is -0.589. The molecule has 0 aliphatic carbocycles. The van der Waals surface area contributed by atoms with Crippen molar-refractivity contribution in [1.29, 1.82) is 0 Å². The van der Waals surface area contributed by atoms with Gasteiger partial charge in [0.2, 0.25) is 0 Å². The van der Waals surface area contributed by atoms with Gasteiger partial charge in [0, 0.05) is 18.1 Å². The van der Waals surface area contributed by atoms with Crippen molar-refractivity contribution >= 4 is 17.7 Å². The summed E-state index contributed by atoms with van der Waals surface area (Å²) in [6.45, 7) is 2.00. The summed E-state index contributed by atoms with van der Waals surface area (Å²) in [7, 11) is 0. The third-order valence-corrected chi connectivity index (χ3v) is 3.02. The van der Waals surface area contributed by atoms with Crippen molar-refractivity contribution in [2.45, 2.75) is 18.6 Å². The summed E-state index contributed by atoms with van der Waals surface area (Å²) in [5, 5.41) is 7.78. The lowest BCUT2D eigenvalue weighted by atomic mass is 10.2. The van der Waals surface area contributed by atoms with Gasteiger partial charge in [0.05, 0.1) is 6.61 Å². The van der Waals surface area contributed by atoms with Gasteiger partial charge in [-0.15, -0.1) is 5.10 Å². The quantitative estimate of drug-likeness (QED) is 0.591. The smallest absolute Gasteiger partial charge is 0.396 e. The molecule has 2 aromatic rings. The van der Waals surface area contributed by atoms with Crippen LogP contribution in [0.25, 0.3) is 0 Å². The van der Waals surface area contributed by atoms with E-state index < -0.39 is 5.97 Å². The Morgan fingerprint density at radius 2 is 2.37 bits per heavy atom. The second-order valence-corrected chi connectivity index (χ2v) is 4.60. The monoisotopic (exact) mass is 279 g/mol. The van der Waals surface area contributed by atoms with E-state index >= 15 is 0 Å². The zero-order valence-electron chi connectivity index (χ0n) is 10.4. The zero-order valence-corrected chi connectivity index (χ0v) is 11.2. The Labute approximate surface area is 114 Å². The third-order valence-electron chi connectivity index (χ3n) is 2.20. The molecule has 0 amide bonds. The number of esters is 1. The predicted molar refractivity (Wildman–Crippen MR) is 68.9 cm³/mol. The standard InChI is InChI=1S/C12H13N3O3S/c1-2-17-11(16)10-14-15-12(18-10)19-7-5-9-4-3-6-13-8-9/h3-4,6,8H,2,5,7H2,1H3. The fourth-order valence-corrected chi connectivity index (χ4v) is 2.09. The van der Waals surface area contributed by atoms with E-state index in [-0.39, 0.29) is 12.5 Å². The van der Waals surface area contributed by atoms with E-state index in [9.17, 15) is 4.79 Å². The first-order valence-corrected chi connectivity index (χ1v) is 6.80. The Kier molecular flexibility index (Phi) is 4.91. The molecule has 0 saturated carbocycles. The Morgan fingerprint density at radius 3 is 3.11 bits per heavy atom. The number of carbonyl (C=O) groups excluding carboxylic acids is 1. The number of hydrogen-bond acceptors (Lipinski definition) is 7. The second kappa shape index (κ2) is 6.89. The van der Waals surface area contributed by atoms with Gasteiger partial charge < -0.3 is 9.15 Å². The van der Waals surface area contributed by atoms with Crippen LogP contribution < -0.4 is 0 Å². The molecule has 7 heteroatoms.